The van der Waals surface area contributed by atoms with Gasteiger partial charge in [-0.2, -0.15) is 9.78 Å². The molecule has 1 amide bonds. The third kappa shape index (κ3) is 5.15. The molecule has 8 nitrogen and oxygen atoms in total. The van der Waals surface area contributed by atoms with E-state index in [2.05, 4.69) is 15.5 Å². The summed E-state index contributed by atoms with van der Waals surface area (Å²) in [4.78, 5) is 24.0. The molecule has 4 rings (SSSR count). The molecule has 2 aromatic carbocycles. The van der Waals surface area contributed by atoms with E-state index in [4.69, 9.17) is 4.42 Å². The number of nitrogens with one attached hydrogen (secondary N) is 1. The van der Waals surface area contributed by atoms with E-state index in [1.165, 1.54) is 22.9 Å². The van der Waals surface area contributed by atoms with Crippen LogP contribution in [0.4, 0.5) is 10.1 Å². The molecular weight excluding hydrogens is 425 g/mol. The van der Waals surface area contributed by atoms with E-state index in [0.29, 0.717) is 24.5 Å². The van der Waals surface area contributed by atoms with Crippen molar-refractivity contribution in [2.24, 2.45) is 7.05 Å². The molecule has 0 radical (unpaired) electrons. The SMILES string of the molecule is CCn1nc(Cc2ccc(NC(=O)C=Cc3cnn(C)c3-c3ccc(F)cc3)cc2)oc1=O. The van der Waals surface area contributed by atoms with E-state index in [1.807, 2.05) is 19.1 Å². The van der Waals surface area contributed by atoms with Gasteiger partial charge in [0.15, 0.2) is 0 Å². The Labute approximate surface area is 189 Å². The van der Waals surface area contributed by atoms with Gasteiger partial charge in [-0.1, -0.05) is 12.1 Å². The smallest absolute Gasteiger partial charge is 0.392 e. The van der Waals surface area contributed by atoms with E-state index < -0.39 is 5.76 Å². The van der Waals surface area contributed by atoms with Gasteiger partial charge in [-0.25, -0.2) is 9.18 Å². The summed E-state index contributed by atoms with van der Waals surface area (Å²) >= 11 is 0. The summed E-state index contributed by atoms with van der Waals surface area (Å²) in [5.74, 6) is -0.748. The molecule has 0 bridgehead atoms. The summed E-state index contributed by atoms with van der Waals surface area (Å²) in [5, 5.41) is 11.2. The Kier molecular flexibility index (Phi) is 6.30. The van der Waals surface area contributed by atoms with Crippen LogP contribution < -0.4 is 11.1 Å². The highest BCUT2D eigenvalue weighted by Crippen LogP contribution is 2.24. The second kappa shape index (κ2) is 9.47. The van der Waals surface area contributed by atoms with Crippen molar-refractivity contribution in [3.8, 4) is 11.3 Å². The van der Waals surface area contributed by atoms with Gasteiger partial charge in [-0.15, -0.1) is 5.10 Å². The molecule has 33 heavy (non-hydrogen) atoms. The van der Waals surface area contributed by atoms with Gasteiger partial charge in [0.05, 0.1) is 18.3 Å². The monoisotopic (exact) mass is 447 g/mol. The molecule has 0 atom stereocenters. The lowest BCUT2D eigenvalue weighted by molar-refractivity contribution is -0.111. The predicted octanol–water partition coefficient (Wildman–Crippen LogP) is 3.64. The van der Waals surface area contributed by atoms with Crippen LogP contribution in [0.15, 0.2) is 70.0 Å². The number of amides is 1. The topological polar surface area (TPSA) is 95.0 Å². The van der Waals surface area contributed by atoms with Crippen molar-refractivity contribution in [1.29, 1.82) is 0 Å². The van der Waals surface area contributed by atoms with Crippen LogP contribution in [0.25, 0.3) is 17.3 Å². The van der Waals surface area contributed by atoms with Crippen molar-refractivity contribution in [1.82, 2.24) is 19.6 Å². The van der Waals surface area contributed by atoms with Gasteiger partial charge in [0.25, 0.3) is 0 Å². The first-order valence-electron chi connectivity index (χ1n) is 10.4. The molecule has 2 aromatic heterocycles. The minimum absolute atomic E-state index is 0.302. The number of nitrogens with zero attached hydrogens (tertiary/aromatic N) is 4. The largest absolute Gasteiger partial charge is 0.437 e. The van der Waals surface area contributed by atoms with Gasteiger partial charge in [-0.3, -0.25) is 9.48 Å². The first kappa shape index (κ1) is 21.9. The van der Waals surface area contributed by atoms with Crippen molar-refractivity contribution >= 4 is 17.7 Å². The van der Waals surface area contributed by atoms with Crippen LogP contribution in [0.2, 0.25) is 0 Å². The lowest BCUT2D eigenvalue weighted by Crippen LogP contribution is -2.13. The molecular formula is C24H22FN5O3. The zero-order chi connectivity index (χ0) is 23.4. The number of hydrogen-bond acceptors (Lipinski definition) is 5. The Balaban J connectivity index is 1.41. The molecule has 0 saturated heterocycles. The molecule has 0 fully saturated rings. The minimum Gasteiger partial charge on any atom is -0.392 e. The summed E-state index contributed by atoms with van der Waals surface area (Å²) in [5.41, 5.74) is 3.83. The number of rotatable bonds is 7. The normalized spacial score (nSPS) is 11.2. The number of halogens is 1. The number of carbonyl (C=O) groups is 1. The Bertz CT molecular complexity index is 1350. The maximum absolute atomic E-state index is 13.2. The van der Waals surface area contributed by atoms with E-state index >= 15 is 0 Å². The fraction of sp³-hybridized carbons (Fsp3) is 0.167. The average Bonchev–Trinajstić information content (AvgIpc) is 3.35. The molecule has 2 heterocycles. The van der Waals surface area contributed by atoms with Gasteiger partial charge in [0.2, 0.25) is 11.8 Å². The fourth-order valence-corrected chi connectivity index (χ4v) is 3.39. The third-order valence-corrected chi connectivity index (χ3v) is 5.02. The number of aryl methyl sites for hydroxylation is 2. The van der Waals surface area contributed by atoms with E-state index in [0.717, 1.165) is 22.4 Å². The van der Waals surface area contributed by atoms with Crippen molar-refractivity contribution in [2.45, 2.75) is 19.9 Å². The van der Waals surface area contributed by atoms with Crippen molar-refractivity contribution in [3.63, 3.8) is 0 Å². The van der Waals surface area contributed by atoms with Crippen molar-refractivity contribution < 1.29 is 13.6 Å². The van der Waals surface area contributed by atoms with Gasteiger partial charge in [0, 0.05) is 36.5 Å². The Hall–Kier alpha value is -4.27. The zero-order valence-electron chi connectivity index (χ0n) is 18.2. The van der Waals surface area contributed by atoms with E-state index in [1.54, 1.807) is 48.3 Å². The molecule has 0 aliphatic carbocycles. The highest BCUT2D eigenvalue weighted by atomic mass is 19.1. The molecule has 1 N–H and O–H groups in total. The lowest BCUT2D eigenvalue weighted by atomic mass is 10.1. The molecule has 4 aromatic rings. The summed E-state index contributed by atoms with van der Waals surface area (Å²) in [6.45, 7) is 2.27. The Morgan fingerprint density at radius 3 is 2.55 bits per heavy atom. The van der Waals surface area contributed by atoms with Crippen molar-refractivity contribution in [3.05, 3.63) is 94.2 Å². The molecule has 9 heteroatoms. The summed E-state index contributed by atoms with van der Waals surface area (Å²) in [6, 6.07) is 13.3. The lowest BCUT2D eigenvalue weighted by Gasteiger charge is -2.05. The first-order valence-corrected chi connectivity index (χ1v) is 10.4. The number of carbonyl (C=O) groups excluding carboxylic acids is 1. The molecule has 0 aliphatic heterocycles. The molecule has 0 unspecified atom stereocenters. The van der Waals surface area contributed by atoms with Crippen LogP contribution in [-0.4, -0.2) is 25.5 Å². The minimum atomic E-state index is -0.473. The molecule has 168 valence electrons. The van der Waals surface area contributed by atoms with Crippen LogP contribution in [0, 0.1) is 5.82 Å². The summed E-state index contributed by atoms with van der Waals surface area (Å²) in [6.07, 6.45) is 5.12. The quantitative estimate of drug-likeness (QED) is 0.437. The van der Waals surface area contributed by atoms with Crippen LogP contribution in [-0.2, 0) is 24.8 Å². The van der Waals surface area contributed by atoms with Crippen molar-refractivity contribution in [2.75, 3.05) is 5.32 Å². The fourth-order valence-electron chi connectivity index (χ4n) is 3.39. The standard InChI is InChI=1S/C24H22FN5O3/c1-3-30-24(32)33-22(28-30)14-16-4-11-20(12-5-16)27-21(31)13-8-18-15-26-29(2)23(18)17-6-9-19(25)10-7-17/h4-13,15H,3,14H2,1-2H3,(H,27,31). The third-order valence-electron chi connectivity index (χ3n) is 5.02. The number of anilines is 1. The maximum atomic E-state index is 13.2. The predicted molar refractivity (Wildman–Crippen MR) is 122 cm³/mol. The van der Waals surface area contributed by atoms with Gasteiger partial charge in [0.1, 0.15) is 5.82 Å². The van der Waals surface area contributed by atoms with Gasteiger partial charge >= 0.3 is 5.76 Å². The number of aromatic nitrogens is 4. The van der Waals surface area contributed by atoms with Gasteiger partial charge < -0.3 is 9.73 Å². The van der Waals surface area contributed by atoms with E-state index in [9.17, 15) is 14.0 Å². The summed E-state index contributed by atoms with van der Waals surface area (Å²) < 4.78 is 21.3. The van der Waals surface area contributed by atoms with Crippen LogP contribution in [0.5, 0.6) is 0 Å². The number of hydrogen-bond donors (Lipinski definition) is 1. The van der Waals surface area contributed by atoms with Crippen LogP contribution in [0.3, 0.4) is 0 Å². The second-order valence-corrected chi connectivity index (χ2v) is 7.35. The van der Waals surface area contributed by atoms with E-state index in [-0.39, 0.29) is 11.7 Å². The van der Waals surface area contributed by atoms with Gasteiger partial charge in [-0.05, 0) is 55.0 Å². The van der Waals surface area contributed by atoms with Crippen LogP contribution in [0.1, 0.15) is 23.9 Å². The number of benzene rings is 2. The highest BCUT2D eigenvalue weighted by Gasteiger charge is 2.10. The van der Waals surface area contributed by atoms with Crippen LogP contribution >= 0.6 is 0 Å². The molecule has 0 spiro atoms. The second-order valence-electron chi connectivity index (χ2n) is 7.35. The highest BCUT2D eigenvalue weighted by molar-refractivity contribution is 6.02. The Morgan fingerprint density at radius 1 is 1.15 bits per heavy atom. The molecule has 0 saturated carbocycles. The first-order chi connectivity index (χ1) is 15.9. The average molecular weight is 447 g/mol. The maximum Gasteiger partial charge on any atom is 0.437 e. The Morgan fingerprint density at radius 2 is 1.88 bits per heavy atom. The molecule has 0 aliphatic rings. The zero-order valence-corrected chi connectivity index (χ0v) is 18.2. The summed E-state index contributed by atoms with van der Waals surface area (Å²) in [7, 11) is 1.79.